The first kappa shape index (κ1) is 29.2. The van der Waals surface area contributed by atoms with Gasteiger partial charge in [-0.15, -0.1) is 0 Å². The zero-order chi connectivity index (χ0) is 8.12. The molecule has 0 aliphatic rings. The molecule has 0 saturated carbocycles. The van der Waals surface area contributed by atoms with Crippen molar-refractivity contribution >= 4 is 0 Å². The Kier molecular flexibility index (Phi) is 150. The van der Waals surface area contributed by atoms with Crippen LogP contribution < -0.4 is 31.5 Å². The summed E-state index contributed by atoms with van der Waals surface area (Å²) in [7, 11) is 0. The monoisotopic (exact) mass is 462 g/mol. The van der Waals surface area contributed by atoms with Gasteiger partial charge in [0, 0.05) is 0 Å². The molecule has 0 aromatic rings. The van der Waals surface area contributed by atoms with Gasteiger partial charge in [0.25, 0.3) is 0 Å². The molecule has 0 fully saturated rings. The molecule has 0 heterocycles. The predicted octanol–water partition coefficient (Wildman–Crippen LogP) is -7.34. The van der Waals surface area contributed by atoms with E-state index in [0.29, 0.717) is 0 Å². The summed E-state index contributed by atoms with van der Waals surface area (Å²) in [6.45, 7) is 0. The molecule has 11 heavy (non-hydrogen) atoms. The molecule has 0 unspecified atom stereocenters. The molecule has 0 bridgehead atoms. The van der Waals surface area contributed by atoms with Gasteiger partial charge in [-0.05, 0) is 0 Å². The van der Waals surface area contributed by atoms with E-state index in [0.717, 1.165) is 0 Å². The summed E-state index contributed by atoms with van der Waals surface area (Å²) in [5, 5.41) is 52.5. The minimum atomic E-state index is 0. The van der Waals surface area contributed by atoms with Crippen LogP contribution in [0.1, 0.15) is 0 Å². The van der Waals surface area contributed by atoms with E-state index in [4.69, 9.17) is 31.5 Å². The number of rotatable bonds is 0. The Labute approximate surface area is 122 Å². The summed E-state index contributed by atoms with van der Waals surface area (Å²) in [5.74, 6) is 0. The first-order valence-electron chi connectivity index (χ1n) is 1.00. The number of hydrogen-bond donors (Lipinski definition) is 0. The Morgan fingerprint density at radius 2 is 0.455 bits per heavy atom. The molecule has 0 amide bonds. The van der Waals surface area contributed by atoms with Crippen molar-refractivity contribution in [3.05, 3.63) is 0 Å². The summed E-state index contributed by atoms with van der Waals surface area (Å²) in [4.78, 5) is 0. The Morgan fingerprint density at radius 3 is 0.455 bits per heavy atom. The summed E-state index contributed by atoms with van der Waals surface area (Å²) >= 11 is 0. The van der Waals surface area contributed by atoms with Gasteiger partial charge in [-0.25, -0.2) is 0 Å². The topological polar surface area (TPSA) is 166 Å². The molecule has 0 aromatic carbocycles. The van der Waals surface area contributed by atoms with Gasteiger partial charge in [-0.2, -0.15) is 0 Å². The van der Waals surface area contributed by atoms with Crippen molar-refractivity contribution in [1.82, 2.24) is 0 Å². The minimum Gasteiger partial charge on any atom is -0.734 e. The molecule has 0 N–H and O–H groups in total. The van der Waals surface area contributed by atoms with E-state index in [9.17, 15) is 0 Å². The van der Waals surface area contributed by atoms with E-state index in [-0.39, 0.29) is 77.2 Å². The molecule has 0 rings (SSSR count). The molecule has 0 aliphatic carbocycles. The second kappa shape index (κ2) is 56.5. The van der Waals surface area contributed by atoms with Gasteiger partial charge >= 0.3 is 77.2 Å². The second-order valence-corrected chi connectivity index (χ2v) is 0.204. The molecule has 0 aliphatic heterocycles. The van der Waals surface area contributed by atoms with Crippen LogP contribution in [0.4, 0.5) is 0 Å². The van der Waals surface area contributed by atoms with Crippen molar-refractivity contribution < 1.29 is 124 Å². The molecule has 0 atom stereocenters. The molecule has 0 spiro atoms. The average molecular weight is 462 g/mol. The maximum atomic E-state index is 7.88. The SMILES string of the molecule is [O-]O[O-].[O-]O[O-].[O-]O[O-].[Tb+3].[Tb+3]. The van der Waals surface area contributed by atoms with E-state index in [1.54, 1.807) is 15.1 Å². The number of hydrogen-bond acceptors (Lipinski definition) is 9. The van der Waals surface area contributed by atoms with Crippen LogP contribution in [0.3, 0.4) is 0 Å². The molecule has 72 valence electrons. The van der Waals surface area contributed by atoms with Crippen molar-refractivity contribution in [2.45, 2.75) is 0 Å². The summed E-state index contributed by atoms with van der Waals surface area (Å²) < 4.78 is 0. The van der Waals surface area contributed by atoms with Crippen molar-refractivity contribution in [3.63, 3.8) is 0 Å². The smallest absolute Gasteiger partial charge is 0.734 e. The van der Waals surface area contributed by atoms with E-state index in [1.807, 2.05) is 0 Å². The average Bonchev–Trinajstić information content (AvgIpc) is 1.70. The van der Waals surface area contributed by atoms with Crippen molar-refractivity contribution in [3.8, 4) is 0 Å². The van der Waals surface area contributed by atoms with Gasteiger partial charge < -0.3 is 46.7 Å². The van der Waals surface area contributed by atoms with Crippen molar-refractivity contribution in [2.24, 2.45) is 0 Å². The first-order chi connectivity index (χ1) is 4.24. The summed E-state index contributed by atoms with van der Waals surface area (Å²) in [6, 6.07) is 0. The van der Waals surface area contributed by atoms with Gasteiger partial charge in [0.05, 0.1) is 0 Å². The quantitative estimate of drug-likeness (QED) is 0.251. The van der Waals surface area contributed by atoms with Gasteiger partial charge in [-0.1, -0.05) is 0 Å². The fourth-order valence-electron chi connectivity index (χ4n) is 0. The van der Waals surface area contributed by atoms with Crippen molar-refractivity contribution in [1.29, 1.82) is 0 Å². The largest absolute Gasteiger partial charge is 3.00 e. The third-order valence-electron chi connectivity index (χ3n) is 0. The van der Waals surface area contributed by atoms with E-state index in [1.165, 1.54) is 0 Å². The normalized spacial score (nSPS) is 4.91. The van der Waals surface area contributed by atoms with Crippen LogP contribution in [0.15, 0.2) is 0 Å². The molecule has 11 heteroatoms. The predicted molar refractivity (Wildman–Crippen MR) is 3.25 cm³/mol. The van der Waals surface area contributed by atoms with Gasteiger partial charge in [0.1, 0.15) is 0 Å². The van der Waals surface area contributed by atoms with Crippen LogP contribution in [0.5, 0.6) is 0 Å². The second-order valence-electron chi connectivity index (χ2n) is 0.204. The Balaban J connectivity index is -0.0000000150. The fraction of sp³-hybridized carbons (Fsp3) is 0. The van der Waals surface area contributed by atoms with Crippen LogP contribution >= 0.6 is 0 Å². The Hall–Kier alpha value is 2.21. The van der Waals surface area contributed by atoms with Gasteiger partial charge in [0.15, 0.2) is 0 Å². The van der Waals surface area contributed by atoms with Gasteiger partial charge in [0.2, 0.25) is 0 Å². The van der Waals surface area contributed by atoms with E-state index < -0.39 is 0 Å². The summed E-state index contributed by atoms with van der Waals surface area (Å²) in [6.07, 6.45) is 0. The summed E-state index contributed by atoms with van der Waals surface area (Å²) in [5.41, 5.74) is 0. The third kappa shape index (κ3) is 260. The minimum absolute atomic E-state index is 0. The first-order valence-corrected chi connectivity index (χ1v) is 1.00. The maximum Gasteiger partial charge on any atom is 3.00 e. The Bertz CT molecular complexity index is 12.3. The standard InChI is InChI=1S/3H2O3.2Tb/c3*1-3-2;;/h3*1-2H;;/q;;;2*+3/p-6. The van der Waals surface area contributed by atoms with Crippen LogP contribution in [-0.2, 0) is 15.1 Å². The zero-order valence-electron chi connectivity index (χ0n) is 4.34. The molecular weight excluding hydrogens is 462 g/mol. The van der Waals surface area contributed by atoms with E-state index in [2.05, 4.69) is 0 Å². The van der Waals surface area contributed by atoms with E-state index >= 15 is 0 Å². The molecule has 0 saturated heterocycles. The molecular formula is O9Tb2. The molecule has 9 nitrogen and oxygen atoms in total. The van der Waals surface area contributed by atoms with Crippen molar-refractivity contribution in [2.75, 3.05) is 0 Å². The van der Waals surface area contributed by atoms with Crippen LogP contribution in [0, 0.1) is 77.2 Å². The van der Waals surface area contributed by atoms with Gasteiger partial charge in [-0.3, -0.25) is 0 Å². The fourth-order valence-corrected chi connectivity index (χ4v) is 0. The van der Waals surface area contributed by atoms with Crippen LogP contribution in [0.25, 0.3) is 0 Å². The molecule has 0 radical (unpaired) electrons. The third-order valence-corrected chi connectivity index (χ3v) is 0. The zero-order valence-corrected chi connectivity index (χ0v) is 8.62. The molecule has 0 aromatic heterocycles. The Morgan fingerprint density at radius 1 is 0.455 bits per heavy atom. The van der Waals surface area contributed by atoms with Crippen LogP contribution in [0.2, 0.25) is 0 Å². The maximum absolute atomic E-state index is 7.88. The van der Waals surface area contributed by atoms with Crippen LogP contribution in [-0.4, -0.2) is 0 Å².